The van der Waals surface area contributed by atoms with Crippen molar-refractivity contribution in [3.8, 4) is 22.5 Å². The van der Waals surface area contributed by atoms with E-state index in [0.717, 1.165) is 11.1 Å². The van der Waals surface area contributed by atoms with Gasteiger partial charge in [-0.05, 0) is 24.3 Å². The number of benzene rings is 3. The van der Waals surface area contributed by atoms with E-state index in [1.54, 1.807) is 0 Å². The molecule has 1 heterocycles. The maximum atomic E-state index is 13.1. The predicted octanol–water partition coefficient (Wildman–Crippen LogP) is 4.60. The number of rotatable bonds is 4. The molecule has 1 amide bonds. The van der Waals surface area contributed by atoms with Crippen LogP contribution in [0.2, 0.25) is 0 Å². The summed E-state index contributed by atoms with van der Waals surface area (Å²) >= 11 is 0. The van der Waals surface area contributed by atoms with Crippen molar-refractivity contribution in [1.29, 1.82) is 0 Å². The van der Waals surface area contributed by atoms with Crippen LogP contribution in [0.1, 0.15) is 10.4 Å². The number of amides is 1. The molecule has 0 aliphatic rings. The molecule has 0 unspecified atom stereocenters. The average molecular weight is 370 g/mol. The molecule has 0 aliphatic heterocycles. The summed E-state index contributed by atoms with van der Waals surface area (Å²) in [6, 6.07) is 24.4. The maximum absolute atomic E-state index is 13.1. The van der Waals surface area contributed by atoms with Crippen molar-refractivity contribution in [1.82, 2.24) is 15.2 Å². The van der Waals surface area contributed by atoms with Gasteiger partial charge in [-0.25, -0.2) is 9.37 Å². The van der Waals surface area contributed by atoms with Crippen molar-refractivity contribution in [2.45, 2.75) is 0 Å². The Labute approximate surface area is 160 Å². The van der Waals surface area contributed by atoms with E-state index in [4.69, 9.17) is 0 Å². The third-order valence-electron chi connectivity index (χ3n) is 4.11. The van der Waals surface area contributed by atoms with Crippen LogP contribution in [-0.2, 0) is 0 Å². The Bertz CT molecular complexity index is 1100. The highest BCUT2D eigenvalue weighted by molar-refractivity contribution is 6.03. The number of nitrogens with one attached hydrogen (secondary N) is 1. The monoisotopic (exact) mass is 370 g/mol. The zero-order valence-electron chi connectivity index (χ0n) is 14.7. The summed E-state index contributed by atoms with van der Waals surface area (Å²) in [6.45, 7) is 0. The minimum absolute atomic E-state index is 0.0767. The fourth-order valence-electron chi connectivity index (χ4n) is 2.74. The van der Waals surface area contributed by atoms with E-state index in [-0.39, 0.29) is 5.95 Å². The van der Waals surface area contributed by atoms with Gasteiger partial charge in [-0.15, -0.1) is 10.2 Å². The summed E-state index contributed by atoms with van der Waals surface area (Å²) in [5.74, 6) is -0.769. The highest BCUT2D eigenvalue weighted by Gasteiger charge is 2.15. The molecule has 0 spiro atoms. The Morgan fingerprint density at radius 2 is 1.29 bits per heavy atom. The molecule has 136 valence electrons. The van der Waals surface area contributed by atoms with Gasteiger partial charge in [0.15, 0.2) is 0 Å². The predicted molar refractivity (Wildman–Crippen MR) is 105 cm³/mol. The Balaban J connectivity index is 1.72. The van der Waals surface area contributed by atoms with E-state index in [0.29, 0.717) is 17.0 Å². The molecule has 0 fully saturated rings. The Morgan fingerprint density at radius 3 is 1.89 bits per heavy atom. The maximum Gasteiger partial charge on any atom is 0.258 e. The Kier molecular flexibility index (Phi) is 4.84. The smallest absolute Gasteiger partial charge is 0.258 e. The second-order valence-corrected chi connectivity index (χ2v) is 6.03. The molecule has 0 atom stereocenters. The number of carbonyl (C=O) groups excluding carboxylic acids is 1. The summed E-state index contributed by atoms with van der Waals surface area (Å²) in [4.78, 5) is 16.9. The van der Waals surface area contributed by atoms with Gasteiger partial charge in [-0.3, -0.25) is 10.1 Å². The lowest BCUT2D eigenvalue weighted by molar-refractivity contribution is 0.102. The molecule has 0 radical (unpaired) electrons. The van der Waals surface area contributed by atoms with Crippen LogP contribution in [0.15, 0.2) is 84.9 Å². The van der Waals surface area contributed by atoms with Crippen LogP contribution in [0.3, 0.4) is 0 Å². The summed E-state index contributed by atoms with van der Waals surface area (Å²) in [5, 5.41) is 11.0. The number of hydrogen-bond donors (Lipinski definition) is 1. The summed E-state index contributed by atoms with van der Waals surface area (Å²) in [6.07, 6.45) is 0. The number of nitrogens with zero attached hydrogens (tertiary/aromatic N) is 3. The van der Waals surface area contributed by atoms with Gasteiger partial charge in [0.05, 0.1) is 0 Å². The van der Waals surface area contributed by atoms with E-state index in [1.807, 2.05) is 60.7 Å². The van der Waals surface area contributed by atoms with Gasteiger partial charge in [-0.2, -0.15) is 0 Å². The topological polar surface area (TPSA) is 67.8 Å². The summed E-state index contributed by atoms with van der Waals surface area (Å²) in [5.41, 5.74) is 3.26. The molecular weight excluding hydrogens is 355 g/mol. The second kappa shape index (κ2) is 7.75. The molecule has 0 bridgehead atoms. The molecule has 0 saturated carbocycles. The largest absolute Gasteiger partial charge is 0.289 e. The summed E-state index contributed by atoms with van der Waals surface area (Å²) in [7, 11) is 0. The second-order valence-electron chi connectivity index (χ2n) is 6.03. The van der Waals surface area contributed by atoms with Crippen LogP contribution in [-0.4, -0.2) is 21.1 Å². The first-order valence-electron chi connectivity index (χ1n) is 8.63. The molecule has 3 aromatic carbocycles. The van der Waals surface area contributed by atoms with Crippen LogP contribution in [0.25, 0.3) is 22.5 Å². The van der Waals surface area contributed by atoms with Gasteiger partial charge in [0, 0.05) is 16.7 Å². The molecule has 6 heteroatoms. The standard InChI is InChI=1S/C22H15FN4O/c23-18-13-11-17(12-14-18)21(28)25-22-24-19(15-7-3-1-4-8-15)20(26-27-22)16-9-5-2-6-10-16/h1-14H,(H,24,25,27,28). The highest BCUT2D eigenvalue weighted by atomic mass is 19.1. The van der Waals surface area contributed by atoms with E-state index >= 15 is 0 Å². The van der Waals surface area contributed by atoms with Crippen molar-refractivity contribution in [3.05, 3.63) is 96.3 Å². The van der Waals surface area contributed by atoms with Gasteiger partial charge in [0.25, 0.3) is 5.91 Å². The van der Waals surface area contributed by atoms with Gasteiger partial charge >= 0.3 is 0 Å². The van der Waals surface area contributed by atoms with Crippen molar-refractivity contribution in [2.75, 3.05) is 5.32 Å². The van der Waals surface area contributed by atoms with Gasteiger partial charge in [0.1, 0.15) is 17.2 Å². The molecular formula is C22H15FN4O. The summed E-state index contributed by atoms with van der Waals surface area (Å²) < 4.78 is 13.1. The molecule has 0 aliphatic carbocycles. The van der Waals surface area contributed by atoms with Gasteiger partial charge in [0.2, 0.25) is 5.95 Å². The highest BCUT2D eigenvalue weighted by Crippen LogP contribution is 2.28. The third kappa shape index (κ3) is 3.76. The lowest BCUT2D eigenvalue weighted by Gasteiger charge is -2.10. The van der Waals surface area contributed by atoms with E-state index < -0.39 is 11.7 Å². The lowest BCUT2D eigenvalue weighted by atomic mass is 10.0. The van der Waals surface area contributed by atoms with E-state index in [1.165, 1.54) is 24.3 Å². The molecule has 5 nitrogen and oxygen atoms in total. The van der Waals surface area contributed by atoms with Gasteiger partial charge in [-0.1, -0.05) is 60.7 Å². The number of carbonyl (C=O) groups is 1. The Morgan fingerprint density at radius 1 is 0.714 bits per heavy atom. The van der Waals surface area contributed by atoms with Crippen LogP contribution in [0.5, 0.6) is 0 Å². The average Bonchev–Trinajstić information content (AvgIpc) is 2.75. The van der Waals surface area contributed by atoms with E-state index in [2.05, 4.69) is 20.5 Å². The lowest BCUT2D eigenvalue weighted by Crippen LogP contribution is -2.15. The minimum Gasteiger partial charge on any atom is -0.289 e. The number of anilines is 1. The fourth-order valence-corrected chi connectivity index (χ4v) is 2.74. The Hall–Kier alpha value is -3.93. The van der Waals surface area contributed by atoms with Crippen LogP contribution >= 0.6 is 0 Å². The fraction of sp³-hybridized carbons (Fsp3) is 0. The molecule has 0 saturated heterocycles. The van der Waals surface area contributed by atoms with E-state index in [9.17, 15) is 9.18 Å². The molecule has 1 aromatic heterocycles. The molecule has 28 heavy (non-hydrogen) atoms. The van der Waals surface area contributed by atoms with Crippen molar-refractivity contribution < 1.29 is 9.18 Å². The first-order chi connectivity index (χ1) is 13.7. The van der Waals surface area contributed by atoms with Crippen LogP contribution < -0.4 is 5.32 Å². The van der Waals surface area contributed by atoms with Crippen LogP contribution in [0.4, 0.5) is 10.3 Å². The molecule has 4 aromatic rings. The van der Waals surface area contributed by atoms with Gasteiger partial charge < -0.3 is 0 Å². The minimum atomic E-state index is -0.437. The zero-order chi connectivity index (χ0) is 19.3. The molecule has 1 N–H and O–H groups in total. The SMILES string of the molecule is O=C(Nc1nnc(-c2ccccc2)c(-c2ccccc2)n1)c1ccc(F)cc1. The number of hydrogen-bond acceptors (Lipinski definition) is 4. The number of aromatic nitrogens is 3. The van der Waals surface area contributed by atoms with Crippen molar-refractivity contribution in [3.63, 3.8) is 0 Å². The normalized spacial score (nSPS) is 10.5. The van der Waals surface area contributed by atoms with Crippen LogP contribution in [0, 0.1) is 5.82 Å². The first-order valence-corrected chi connectivity index (χ1v) is 8.63. The quantitative estimate of drug-likeness (QED) is 0.570. The van der Waals surface area contributed by atoms with Crippen molar-refractivity contribution >= 4 is 11.9 Å². The first kappa shape index (κ1) is 17.5. The number of halogens is 1. The third-order valence-corrected chi connectivity index (χ3v) is 4.11. The molecule has 4 rings (SSSR count). The zero-order valence-corrected chi connectivity index (χ0v) is 14.7. The van der Waals surface area contributed by atoms with Crippen molar-refractivity contribution in [2.24, 2.45) is 0 Å².